The average Bonchev–Trinajstić information content (AvgIpc) is 2.99. The molecule has 0 saturated carbocycles. The topological polar surface area (TPSA) is 139 Å². The Morgan fingerprint density at radius 1 is 1.00 bits per heavy atom. The zero-order chi connectivity index (χ0) is 18.4. The Kier molecular flexibility index (Phi) is 3.78. The zero-order valence-electron chi connectivity index (χ0n) is 14.0. The highest BCUT2D eigenvalue weighted by Crippen LogP contribution is 2.47. The first-order valence-corrected chi connectivity index (χ1v) is 8.36. The van der Waals surface area contributed by atoms with E-state index >= 15 is 0 Å². The van der Waals surface area contributed by atoms with Gasteiger partial charge in [0.15, 0.2) is 5.78 Å². The van der Waals surface area contributed by atoms with Crippen LogP contribution >= 0.6 is 0 Å². The number of fused-ring (bicyclic) bond motifs is 2. The third-order valence-electron chi connectivity index (χ3n) is 4.57. The fourth-order valence-corrected chi connectivity index (χ4v) is 3.50. The largest absolute Gasteiger partial charge is 0.507 e. The normalized spacial score (nSPS) is 12.5. The zero-order valence-corrected chi connectivity index (χ0v) is 14.0. The minimum absolute atomic E-state index is 0.0544. The molecule has 3 aromatic rings. The van der Waals surface area contributed by atoms with Crippen LogP contribution in [0.25, 0.3) is 22.2 Å². The predicted molar refractivity (Wildman–Crippen MR) is 98.5 cm³/mol. The number of hydrogen-bond donors (Lipinski definition) is 5. The van der Waals surface area contributed by atoms with Gasteiger partial charge in [-0.25, -0.2) is 0 Å². The number of benzene rings is 2. The summed E-state index contributed by atoms with van der Waals surface area (Å²) in [6.07, 6.45) is 0. The highest BCUT2D eigenvalue weighted by atomic mass is 16.3. The molecule has 1 aliphatic carbocycles. The van der Waals surface area contributed by atoms with Crippen LogP contribution in [-0.4, -0.2) is 45.4 Å². The number of nitrogens with one attached hydrogen (secondary N) is 1. The standard InChI is InChI=1S/C18H19N5O3/c19-5-7-21-9-1-2-10-14-13(9)18(26)16-12(25)4-3-11(24)15(16)17(14)22-23(10)8-6-20/h1-4,21,24-25H,5-8,19-20H2. The van der Waals surface area contributed by atoms with E-state index in [1.807, 2.05) is 6.07 Å². The summed E-state index contributed by atoms with van der Waals surface area (Å²) in [7, 11) is 0. The van der Waals surface area contributed by atoms with Crippen molar-refractivity contribution in [1.82, 2.24) is 9.78 Å². The molecule has 1 aromatic heterocycles. The lowest BCUT2D eigenvalue weighted by molar-refractivity contribution is 0.103. The molecular weight excluding hydrogens is 334 g/mol. The Balaban J connectivity index is 2.11. The molecule has 0 fully saturated rings. The molecule has 0 bridgehead atoms. The summed E-state index contributed by atoms with van der Waals surface area (Å²) in [5.41, 5.74) is 13.8. The van der Waals surface area contributed by atoms with Crippen LogP contribution in [0.3, 0.4) is 0 Å². The molecule has 0 saturated heterocycles. The number of hydrogen-bond acceptors (Lipinski definition) is 7. The van der Waals surface area contributed by atoms with E-state index in [1.54, 1.807) is 10.7 Å². The maximum atomic E-state index is 13.2. The van der Waals surface area contributed by atoms with E-state index in [9.17, 15) is 15.0 Å². The first-order valence-electron chi connectivity index (χ1n) is 8.36. The number of rotatable bonds is 5. The number of carbonyl (C=O) groups excluding carboxylic acids is 1. The number of aromatic nitrogens is 2. The molecule has 1 aliphatic rings. The molecule has 8 heteroatoms. The molecule has 7 N–H and O–H groups in total. The summed E-state index contributed by atoms with van der Waals surface area (Å²) >= 11 is 0. The quantitative estimate of drug-likeness (QED) is 0.337. The number of nitrogens with zero attached hydrogens (tertiary/aromatic N) is 2. The van der Waals surface area contributed by atoms with Gasteiger partial charge in [0.2, 0.25) is 0 Å². The number of phenolic OH excluding ortho intramolecular Hbond substituents is 2. The maximum absolute atomic E-state index is 13.2. The molecular formula is C18H19N5O3. The van der Waals surface area contributed by atoms with E-state index in [0.29, 0.717) is 48.5 Å². The average molecular weight is 353 g/mol. The molecule has 2 aromatic carbocycles. The van der Waals surface area contributed by atoms with E-state index < -0.39 is 0 Å². The molecule has 0 spiro atoms. The van der Waals surface area contributed by atoms with Gasteiger partial charge >= 0.3 is 0 Å². The Hall–Kier alpha value is -3.10. The maximum Gasteiger partial charge on any atom is 0.200 e. The summed E-state index contributed by atoms with van der Waals surface area (Å²) in [5.74, 6) is -0.654. The smallest absolute Gasteiger partial charge is 0.200 e. The summed E-state index contributed by atoms with van der Waals surface area (Å²) < 4.78 is 1.72. The minimum atomic E-state index is -0.363. The molecule has 1 heterocycles. The summed E-state index contributed by atoms with van der Waals surface area (Å²) in [6.45, 7) is 1.75. The summed E-state index contributed by atoms with van der Waals surface area (Å²) in [6, 6.07) is 6.33. The summed E-state index contributed by atoms with van der Waals surface area (Å²) in [4.78, 5) is 13.2. The van der Waals surface area contributed by atoms with Crippen molar-refractivity contribution in [3.8, 4) is 22.8 Å². The minimum Gasteiger partial charge on any atom is -0.507 e. The van der Waals surface area contributed by atoms with E-state index in [-0.39, 0.29) is 28.4 Å². The van der Waals surface area contributed by atoms with Crippen LogP contribution in [-0.2, 0) is 6.54 Å². The van der Waals surface area contributed by atoms with Crippen LogP contribution in [0.2, 0.25) is 0 Å². The fraction of sp³-hybridized carbons (Fsp3) is 0.222. The van der Waals surface area contributed by atoms with Gasteiger partial charge < -0.3 is 27.0 Å². The molecule has 0 amide bonds. The van der Waals surface area contributed by atoms with Gasteiger partial charge in [0.1, 0.15) is 17.2 Å². The highest BCUT2D eigenvalue weighted by molar-refractivity contribution is 6.29. The Morgan fingerprint density at radius 3 is 2.42 bits per heavy atom. The molecule has 8 nitrogen and oxygen atoms in total. The molecule has 0 atom stereocenters. The van der Waals surface area contributed by atoms with Gasteiger partial charge in [-0.3, -0.25) is 9.48 Å². The van der Waals surface area contributed by atoms with Crippen molar-refractivity contribution < 1.29 is 15.0 Å². The van der Waals surface area contributed by atoms with E-state index in [0.717, 1.165) is 5.52 Å². The molecule has 26 heavy (non-hydrogen) atoms. The van der Waals surface area contributed by atoms with Gasteiger partial charge in [0, 0.05) is 30.7 Å². The highest BCUT2D eigenvalue weighted by Gasteiger charge is 2.34. The van der Waals surface area contributed by atoms with Crippen LogP contribution in [0.1, 0.15) is 15.9 Å². The Labute approximate surface area is 149 Å². The first kappa shape index (κ1) is 16.4. The van der Waals surface area contributed by atoms with Crippen LogP contribution in [0.4, 0.5) is 5.69 Å². The van der Waals surface area contributed by atoms with Gasteiger partial charge in [-0.2, -0.15) is 5.10 Å². The number of ketones is 1. The van der Waals surface area contributed by atoms with E-state index in [1.165, 1.54) is 12.1 Å². The monoisotopic (exact) mass is 353 g/mol. The lowest BCUT2D eigenvalue weighted by Crippen LogP contribution is -2.17. The summed E-state index contributed by atoms with van der Waals surface area (Å²) in [5, 5.41) is 29.0. The second-order valence-electron chi connectivity index (χ2n) is 6.14. The van der Waals surface area contributed by atoms with Gasteiger partial charge in [-0.15, -0.1) is 0 Å². The number of anilines is 1. The van der Waals surface area contributed by atoms with Crippen LogP contribution in [0, 0.1) is 0 Å². The lowest BCUT2D eigenvalue weighted by Gasteiger charge is -2.20. The van der Waals surface area contributed by atoms with Crippen molar-refractivity contribution in [2.75, 3.05) is 25.0 Å². The molecule has 0 aliphatic heterocycles. The number of nitrogens with two attached hydrogens (primary N) is 2. The third-order valence-corrected chi connectivity index (χ3v) is 4.57. The fourth-order valence-electron chi connectivity index (χ4n) is 3.50. The van der Waals surface area contributed by atoms with Gasteiger partial charge in [0.25, 0.3) is 0 Å². The predicted octanol–water partition coefficient (Wildman–Crippen LogP) is 0.988. The Morgan fingerprint density at radius 2 is 1.73 bits per heavy atom. The van der Waals surface area contributed by atoms with Crippen LogP contribution in [0.15, 0.2) is 24.3 Å². The number of carbonyl (C=O) groups is 1. The molecule has 4 rings (SSSR count). The molecule has 134 valence electrons. The molecule has 0 radical (unpaired) electrons. The number of phenols is 2. The van der Waals surface area contributed by atoms with E-state index in [4.69, 9.17) is 11.5 Å². The number of aromatic hydroxyl groups is 2. The SMILES string of the molecule is NCCNc1ccc2c3c(nn2CCN)-c2c(O)ccc(O)c2C(=O)c13. The van der Waals surface area contributed by atoms with Crippen molar-refractivity contribution in [3.63, 3.8) is 0 Å². The van der Waals surface area contributed by atoms with Gasteiger partial charge in [0.05, 0.1) is 28.8 Å². The van der Waals surface area contributed by atoms with Gasteiger partial charge in [-0.05, 0) is 24.3 Å². The third kappa shape index (κ3) is 2.16. The molecule has 0 unspecified atom stereocenters. The van der Waals surface area contributed by atoms with Crippen molar-refractivity contribution in [2.24, 2.45) is 11.5 Å². The Bertz CT molecular complexity index is 1040. The second-order valence-corrected chi connectivity index (χ2v) is 6.14. The van der Waals surface area contributed by atoms with Crippen molar-refractivity contribution in [1.29, 1.82) is 0 Å². The van der Waals surface area contributed by atoms with Gasteiger partial charge in [-0.1, -0.05) is 0 Å². The van der Waals surface area contributed by atoms with Crippen molar-refractivity contribution in [2.45, 2.75) is 6.54 Å². The van der Waals surface area contributed by atoms with Crippen molar-refractivity contribution >= 4 is 22.4 Å². The van der Waals surface area contributed by atoms with Crippen molar-refractivity contribution in [3.05, 3.63) is 35.4 Å². The van der Waals surface area contributed by atoms with Crippen LogP contribution < -0.4 is 16.8 Å². The van der Waals surface area contributed by atoms with Crippen LogP contribution in [0.5, 0.6) is 11.5 Å². The lowest BCUT2D eigenvalue weighted by atomic mass is 9.85. The second kappa shape index (κ2) is 6.01. The van der Waals surface area contributed by atoms with E-state index in [2.05, 4.69) is 10.4 Å². The first-order chi connectivity index (χ1) is 12.6.